The van der Waals surface area contributed by atoms with E-state index in [1.165, 1.54) is 5.56 Å². The standard InChI is InChI=1S/C17H21ClN2O/c1-17(12-19,20-15-7-5-14(18)6-8-15)11-13-3-9-16(21-2)10-4-13/h3-10,20H,11-12,19H2,1-2H3. The zero-order valence-electron chi connectivity index (χ0n) is 12.4. The molecule has 2 rings (SSSR count). The van der Waals surface area contributed by atoms with Gasteiger partial charge in [-0.05, 0) is 55.3 Å². The summed E-state index contributed by atoms with van der Waals surface area (Å²) in [7, 11) is 1.67. The van der Waals surface area contributed by atoms with Gasteiger partial charge in [0, 0.05) is 17.3 Å². The number of benzene rings is 2. The van der Waals surface area contributed by atoms with Crippen molar-refractivity contribution in [1.82, 2.24) is 0 Å². The van der Waals surface area contributed by atoms with Gasteiger partial charge in [-0.3, -0.25) is 0 Å². The molecule has 1 atom stereocenters. The second kappa shape index (κ2) is 6.83. The highest BCUT2D eigenvalue weighted by atomic mass is 35.5. The lowest BCUT2D eigenvalue weighted by molar-refractivity contribution is 0.414. The number of hydrogen-bond donors (Lipinski definition) is 2. The Morgan fingerprint density at radius 1 is 1.10 bits per heavy atom. The molecule has 21 heavy (non-hydrogen) atoms. The molecule has 3 N–H and O–H groups in total. The maximum atomic E-state index is 5.98. The molecule has 0 saturated heterocycles. The van der Waals surface area contributed by atoms with E-state index in [9.17, 15) is 0 Å². The van der Waals surface area contributed by atoms with E-state index in [-0.39, 0.29) is 5.54 Å². The summed E-state index contributed by atoms with van der Waals surface area (Å²) in [4.78, 5) is 0. The average molecular weight is 305 g/mol. The highest BCUT2D eigenvalue weighted by molar-refractivity contribution is 6.30. The Kier molecular flexibility index (Phi) is 5.10. The first kappa shape index (κ1) is 15.7. The number of nitrogens with two attached hydrogens (primary N) is 1. The van der Waals surface area contributed by atoms with Gasteiger partial charge in [-0.15, -0.1) is 0 Å². The van der Waals surface area contributed by atoms with Crippen molar-refractivity contribution in [3.8, 4) is 5.75 Å². The molecule has 0 bridgehead atoms. The van der Waals surface area contributed by atoms with Crippen LogP contribution in [0.25, 0.3) is 0 Å². The Balaban J connectivity index is 2.10. The smallest absolute Gasteiger partial charge is 0.118 e. The summed E-state index contributed by atoms with van der Waals surface area (Å²) in [6, 6.07) is 15.7. The zero-order valence-corrected chi connectivity index (χ0v) is 13.2. The molecule has 2 aromatic rings. The van der Waals surface area contributed by atoms with E-state index in [1.807, 2.05) is 36.4 Å². The lowest BCUT2D eigenvalue weighted by atomic mass is 9.92. The first-order valence-electron chi connectivity index (χ1n) is 6.91. The van der Waals surface area contributed by atoms with Gasteiger partial charge in [-0.1, -0.05) is 23.7 Å². The number of hydrogen-bond acceptors (Lipinski definition) is 3. The number of methoxy groups -OCH3 is 1. The highest BCUT2D eigenvalue weighted by Crippen LogP contribution is 2.22. The molecule has 0 aromatic heterocycles. The van der Waals surface area contributed by atoms with Crippen LogP contribution in [-0.2, 0) is 6.42 Å². The molecule has 0 amide bonds. The van der Waals surface area contributed by atoms with Crippen LogP contribution in [0.1, 0.15) is 12.5 Å². The third kappa shape index (κ3) is 4.38. The molecule has 0 heterocycles. The molecular formula is C17H21ClN2O. The number of rotatable bonds is 6. The Morgan fingerprint density at radius 3 is 2.24 bits per heavy atom. The Morgan fingerprint density at radius 2 is 1.71 bits per heavy atom. The topological polar surface area (TPSA) is 47.3 Å². The van der Waals surface area contributed by atoms with Crippen molar-refractivity contribution in [1.29, 1.82) is 0 Å². The van der Waals surface area contributed by atoms with Gasteiger partial charge in [-0.25, -0.2) is 0 Å². The predicted octanol–water partition coefficient (Wildman–Crippen LogP) is 3.72. The van der Waals surface area contributed by atoms with Crippen LogP contribution >= 0.6 is 11.6 Å². The van der Waals surface area contributed by atoms with E-state index in [2.05, 4.69) is 24.4 Å². The number of halogens is 1. The van der Waals surface area contributed by atoms with Gasteiger partial charge < -0.3 is 15.8 Å². The fraction of sp³-hybridized carbons (Fsp3) is 0.294. The van der Waals surface area contributed by atoms with Gasteiger partial charge in [0.25, 0.3) is 0 Å². The SMILES string of the molecule is COc1ccc(CC(C)(CN)Nc2ccc(Cl)cc2)cc1. The van der Waals surface area contributed by atoms with Crippen molar-refractivity contribution in [3.63, 3.8) is 0 Å². The van der Waals surface area contributed by atoms with E-state index in [1.54, 1.807) is 7.11 Å². The van der Waals surface area contributed by atoms with Crippen LogP contribution in [0.3, 0.4) is 0 Å². The second-order valence-corrected chi connectivity index (χ2v) is 5.86. The van der Waals surface area contributed by atoms with E-state index in [4.69, 9.17) is 22.1 Å². The molecule has 0 aliphatic carbocycles. The summed E-state index contributed by atoms with van der Waals surface area (Å²) >= 11 is 5.91. The fourth-order valence-electron chi connectivity index (χ4n) is 2.24. The van der Waals surface area contributed by atoms with Gasteiger partial charge in [-0.2, -0.15) is 0 Å². The number of nitrogens with one attached hydrogen (secondary N) is 1. The summed E-state index contributed by atoms with van der Waals surface area (Å²) < 4.78 is 5.18. The van der Waals surface area contributed by atoms with Gasteiger partial charge >= 0.3 is 0 Å². The summed E-state index contributed by atoms with van der Waals surface area (Å²) in [6.07, 6.45) is 0.829. The molecule has 1 unspecified atom stereocenters. The van der Waals surface area contributed by atoms with Gasteiger partial charge in [0.05, 0.1) is 12.6 Å². The molecule has 112 valence electrons. The molecule has 0 spiro atoms. The quantitative estimate of drug-likeness (QED) is 0.855. The molecule has 2 aromatic carbocycles. The van der Waals surface area contributed by atoms with Crippen molar-refractivity contribution in [3.05, 3.63) is 59.1 Å². The van der Waals surface area contributed by atoms with Crippen LogP contribution < -0.4 is 15.8 Å². The minimum Gasteiger partial charge on any atom is -0.497 e. The Hall–Kier alpha value is -1.71. The molecule has 0 aliphatic rings. The van der Waals surface area contributed by atoms with Gasteiger partial charge in [0.2, 0.25) is 0 Å². The Labute approximate surface area is 131 Å². The molecule has 0 fully saturated rings. The Bertz CT molecular complexity index is 568. The lowest BCUT2D eigenvalue weighted by Gasteiger charge is -2.31. The summed E-state index contributed by atoms with van der Waals surface area (Å²) in [5, 5.41) is 4.22. The zero-order chi connectivity index (χ0) is 15.3. The monoisotopic (exact) mass is 304 g/mol. The summed E-state index contributed by atoms with van der Waals surface area (Å²) in [5.41, 5.74) is 7.98. The van der Waals surface area contributed by atoms with Crippen LogP contribution in [-0.4, -0.2) is 19.2 Å². The maximum Gasteiger partial charge on any atom is 0.118 e. The normalized spacial score (nSPS) is 13.5. The molecular weight excluding hydrogens is 284 g/mol. The molecule has 3 nitrogen and oxygen atoms in total. The van der Waals surface area contributed by atoms with Crippen molar-refractivity contribution >= 4 is 17.3 Å². The number of anilines is 1. The van der Waals surface area contributed by atoms with Crippen LogP contribution in [0.15, 0.2) is 48.5 Å². The van der Waals surface area contributed by atoms with E-state index in [0.29, 0.717) is 6.54 Å². The van der Waals surface area contributed by atoms with Crippen LogP contribution in [0, 0.1) is 0 Å². The molecule has 0 radical (unpaired) electrons. The maximum absolute atomic E-state index is 5.98. The van der Waals surface area contributed by atoms with Crippen molar-refractivity contribution < 1.29 is 4.74 Å². The summed E-state index contributed by atoms with van der Waals surface area (Å²) in [5.74, 6) is 0.860. The van der Waals surface area contributed by atoms with Gasteiger partial charge in [0.1, 0.15) is 5.75 Å². The largest absolute Gasteiger partial charge is 0.497 e. The minimum absolute atomic E-state index is 0.220. The van der Waals surface area contributed by atoms with Gasteiger partial charge in [0.15, 0.2) is 0 Å². The third-order valence-electron chi connectivity index (χ3n) is 3.49. The lowest BCUT2D eigenvalue weighted by Crippen LogP contribution is -2.44. The van der Waals surface area contributed by atoms with Crippen molar-refractivity contribution in [2.45, 2.75) is 18.9 Å². The summed E-state index contributed by atoms with van der Waals surface area (Å²) in [6.45, 7) is 2.65. The second-order valence-electron chi connectivity index (χ2n) is 5.42. The highest BCUT2D eigenvalue weighted by Gasteiger charge is 2.22. The molecule has 0 saturated carbocycles. The first-order chi connectivity index (χ1) is 10.0. The van der Waals surface area contributed by atoms with E-state index < -0.39 is 0 Å². The third-order valence-corrected chi connectivity index (χ3v) is 3.75. The molecule has 0 aliphatic heterocycles. The van der Waals surface area contributed by atoms with Crippen LogP contribution in [0.5, 0.6) is 5.75 Å². The van der Waals surface area contributed by atoms with Crippen LogP contribution in [0.4, 0.5) is 5.69 Å². The molecule has 4 heteroatoms. The van der Waals surface area contributed by atoms with Crippen LogP contribution in [0.2, 0.25) is 5.02 Å². The minimum atomic E-state index is -0.220. The van der Waals surface area contributed by atoms with Crippen molar-refractivity contribution in [2.24, 2.45) is 5.73 Å². The van der Waals surface area contributed by atoms with E-state index >= 15 is 0 Å². The average Bonchev–Trinajstić information content (AvgIpc) is 2.50. The number of ether oxygens (including phenoxy) is 1. The van der Waals surface area contributed by atoms with Crippen molar-refractivity contribution in [2.75, 3.05) is 19.0 Å². The first-order valence-corrected chi connectivity index (χ1v) is 7.29. The predicted molar refractivity (Wildman–Crippen MR) is 89.2 cm³/mol. The van der Waals surface area contributed by atoms with E-state index in [0.717, 1.165) is 22.9 Å². The fourth-order valence-corrected chi connectivity index (χ4v) is 2.37.